The third-order valence-electron chi connectivity index (χ3n) is 5.18. The molecule has 0 saturated carbocycles. The lowest BCUT2D eigenvalue weighted by atomic mass is 10.0. The Bertz CT molecular complexity index is 604. The molecule has 0 spiro atoms. The van der Waals surface area contributed by atoms with Crippen molar-refractivity contribution in [3.63, 3.8) is 0 Å². The molecule has 2 fully saturated rings. The average molecular weight is 337 g/mol. The Balaban J connectivity index is 1.68. The number of sulfone groups is 1. The zero-order valence-electron chi connectivity index (χ0n) is 14.1. The smallest absolute Gasteiger partial charge is 0.175 e. The first-order chi connectivity index (χ1) is 11.0. The molecular weight excluding hydrogens is 308 g/mol. The average Bonchev–Trinajstić information content (AvgIpc) is 2.84. The maximum absolute atomic E-state index is 11.6. The monoisotopic (exact) mass is 336 g/mol. The number of nitrogens with zero attached hydrogens (tertiary/aromatic N) is 2. The Morgan fingerprint density at radius 3 is 2.17 bits per heavy atom. The van der Waals surface area contributed by atoms with Gasteiger partial charge in [0.1, 0.15) is 0 Å². The number of anilines is 1. The Morgan fingerprint density at radius 1 is 0.913 bits per heavy atom. The van der Waals surface area contributed by atoms with Crippen molar-refractivity contribution in [2.45, 2.75) is 49.5 Å². The minimum absolute atomic E-state index is 0.405. The van der Waals surface area contributed by atoms with Crippen molar-refractivity contribution < 1.29 is 8.42 Å². The molecule has 1 unspecified atom stereocenters. The zero-order chi connectivity index (χ0) is 16.3. The molecule has 1 atom stereocenters. The molecule has 0 amide bonds. The van der Waals surface area contributed by atoms with Crippen molar-refractivity contribution in [3.05, 3.63) is 24.3 Å². The van der Waals surface area contributed by atoms with E-state index in [1.807, 2.05) is 12.1 Å². The maximum atomic E-state index is 11.6. The SMILES string of the molecule is CS(=O)(=O)c1ccc(N2CCCC(N3CCCCCC3)C2)cc1. The van der Waals surface area contributed by atoms with Crippen molar-refractivity contribution >= 4 is 15.5 Å². The number of likely N-dealkylation sites (tertiary alicyclic amines) is 1. The van der Waals surface area contributed by atoms with Crippen molar-refractivity contribution in [2.24, 2.45) is 0 Å². The van der Waals surface area contributed by atoms with Crippen molar-refractivity contribution in [2.75, 3.05) is 37.3 Å². The van der Waals surface area contributed by atoms with Crippen molar-refractivity contribution in [1.29, 1.82) is 0 Å². The highest BCUT2D eigenvalue weighted by atomic mass is 32.2. The fourth-order valence-corrected chi connectivity index (χ4v) is 4.48. The molecule has 23 heavy (non-hydrogen) atoms. The van der Waals surface area contributed by atoms with Crippen molar-refractivity contribution in [1.82, 2.24) is 4.90 Å². The lowest BCUT2D eigenvalue weighted by molar-refractivity contribution is 0.182. The fraction of sp³-hybridized carbons (Fsp3) is 0.667. The second-order valence-corrected chi connectivity index (χ2v) is 8.97. The van der Waals surface area contributed by atoms with E-state index >= 15 is 0 Å². The van der Waals surface area contributed by atoms with Gasteiger partial charge in [-0.25, -0.2) is 8.42 Å². The molecule has 0 N–H and O–H groups in total. The lowest BCUT2D eigenvalue weighted by Gasteiger charge is -2.40. The van der Waals surface area contributed by atoms with E-state index in [9.17, 15) is 8.42 Å². The largest absolute Gasteiger partial charge is 0.370 e. The molecule has 128 valence electrons. The molecule has 0 aromatic heterocycles. The number of piperidine rings is 1. The van der Waals surface area contributed by atoms with Crippen LogP contribution in [-0.4, -0.2) is 51.8 Å². The molecular formula is C18H28N2O2S. The number of benzene rings is 1. The zero-order valence-corrected chi connectivity index (χ0v) is 14.9. The number of rotatable bonds is 3. The molecule has 2 aliphatic rings. The van der Waals surface area contributed by atoms with Gasteiger partial charge in [-0.15, -0.1) is 0 Å². The summed E-state index contributed by atoms with van der Waals surface area (Å²) < 4.78 is 23.2. The summed E-state index contributed by atoms with van der Waals surface area (Å²) in [6.07, 6.45) is 9.18. The van der Waals surface area contributed by atoms with E-state index in [1.165, 1.54) is 57.9 Å². The second-order valence-electron chi connectivity index (χ2n) is 6.96. The molecule has 2 saturated heterocycles. The molecule has 5 heteroatoms. The first kappa shape index (κ1) is 16.8. The Kier molecular flexibility index (Phi) is 5.27. The highest BCUT2D eigenvalue weighted by Crippen LogP contribution is 2.25. The van der Waals surface area contributed by atoms with Crippen LogP contribution in [0.4, 0.5) is 5.69 Å². The third-order valence-corrected chi connectivity index (χ3v) is 6.31. The summed E-state index contributed by atoms with van der Waals surface area (Å²) >= 11 is 0. The maximum Gasteiger partial charge on any atom is 0.175 e. The summed E-state index contributed by atoms with van der Waals surface area (Å²) in [7, 11) is -3.11. The topological polar surface area (TPSA) is 40.6 Å². The van der Waals surface area contributed by atoms with Gasteiger partial charge in [0.2, 0.25) is 0 Å². The van der Waals surface area contributed by atoms with E-state index in [0.29, 0.717) is 10.9 Å². The van der Waals surface area contributed by atoms with Gasteiger partial charge < -0.3 is 4.90 Å². The van der Waals surface area contributed by atoms with Crippen LogP contribution in [0.1, 0.15) is 38.5 Å². The van der Waals surface area contributed by atoms with E-state index in [0.717, 1.165) is 18.8 Å². The number of hydrogen-bond donors (Lipinski definition) is 0. The van der Waals surface area contributed by atoms with Crippen molar-refractivity contribution in [3.8, 4) is 0 Å². The summed E-state index contributed by atoms with van der Waals surface area (Å²) in [4.78, 5) is 5.51. The molecule has 2 heterocycles. The summed E-state index contributed by atoms with van der Waals surface area (Å²) in [5.41, 5.74) is 1.15. The number of hydrogen-bond acceptors (Lipinski definition) is 4. The highest BCUT2D eigenvalue weighted by molar-refractivity contribution is 7.90. The van der Waals surface area contributed by atoms with Gasteiger partial charge >= 0.3 is 0 Å². The second kappa shape index (κ2) is 7.22. The molecule has 3 rings (SSSR count). The van der Waals surface area contributed by atoms with Gasteiger partial charge in [0, 0.05) is 31.1 Å². The lowest BCUT2D eigenvalue weighted by Crippen LogP contribution is -2.48. The summed E-state index contributed by atoms with van der Waals surface area (Å²) in [5, 5.41) is 0. The van der Waals surface area contributed by atoms with Gasteiger partial charge in [0.25, 0.3) is 0 Å². The van der Waals surface area contributed by atoms with Crippen LogP contribution in [-0.2, 0) is 9.84 Å². The quantitative estimate of drug-likeness (QED) is 0.851. The summed E-state index contributed by atoms with van der Waals surface area (Å²) in [5.74, 6) is 0. The first-order valence-electron chi connectivity index (χ1n) is 8.83. The predicted molar refractivity (Wildman–Crippen MR) is 94.8 cm³/mol. The normalized spacial score (nSPS) is 24.4. The predicted octanol–water partition coefficient (Wildman–Crippen LogP) is 2.93. The Labute approximate surface area is 140 Å². The van der Waals surface area contributed by atoms with Crippen LogP contribution in [0.5, 0.6) is 0 Å². The third kappa shape index (κ3) is 4.27. The van der Waals surface area contributed by atoms with Crippen LogP contribution in [0.25, 0.3) is 0 Å². The molecule has 0 bridgehead atoms. The van der Waals surface area contributed by atoms with Gasteiger partial charge in [-0.1, -0.05) is 12.8 Å². The van der Waals surface area contributed by atoms with E-state index in [4.69, 9.17) is 0 Å². The van der Waals surface area contributed by atoms with Gasteiger partial charge in [-0.3, -0.25) is 4.90 Å². The molecule has 1 aromatic carbocycles. The first-order valence-corrected chi connectivity index (χ1v) is 10.7. The molecule has 2 aliphatic heterocycles. The van der Waals surface area contributed by atoms with Crippen LogP contribution in [0, 0.1) is 0 Å². The van der Waals surface area contributed by atoms with Crippen LogP contribution >= 0.6 is 0 Å². The fourth-order valence-electron chi connectivity index (χ4n) is 3.85. The van der Waals surface area contributed by atoms with E-state index in [2.05, 4.69) is 9.80 Å². The Hall–Kier alpha value is -1.07. The van der Waals surface area contributed by atoms with Gasteiger partial charge in [-0.2, -0.15) is 0 Å². The van der Waals surface area contributed by atoms with Crippen LogP contribution in [0.2, 0.25) is 0 Å². The van der Waals surface area contributed by atoms with E-state index in [1.54, 1.807) is 12.1 Å². The van der Waals surface area contributed by atoms with Gasteiger partial charge in [-0.05, 0) is 63.0 Å². The van der Waals surface area contributed by atoms with Crippen LogP contribution < -0.4 is 4.90 Å². The Morgan fingerprint density at radius 2 is 1.57 bits per heavy atom. The van der Waals surface area contributed by atoms with Gasteiger partial charge in [0.15, 0.2) is 9.84 Å². The summed E-state index contributed by atoms with van der Waals surface area (Å²) in [6.45, 7) is 4.62. The van der Waals surface area contributed by atoms with E-state index < -0.39 is 9.84 Å². The standard InChI is InChI=1S/C18H28N2O2S/c1-23(21,22)18-10-8-16(9-11-18)20-14-6-7-17(15-20)19-12-4-2-3-5-13-19/h8-11,17H,2-7,12-15H2,1H3. The molecule has 0 aliphatic carbocycles. The minimum atomic E-state index is -3.11. The van der Waals surface area contributed by atoms with Crippen LogP contribution in [0.3, 0.4) is 0 Å². The highest BCUT2D eigenvalue weighted by Gasteiger charge is 2.26. The van der Waals surface area contributed by atoms with Crippen LogP contribution in [0.15, 0.2) is 29.2 Å². The van der Waals surface area contributed by atoms with E-state index in [-0.39, 0.29) is 0 Å². The molecule has 1 aromatic rings. The minimum Gasteiger partial charge on any atom is -0.370 e. The van der Waals surface area contributed by atoms with Gasteiger partial charge in [0.05, 0.1) is 4.90 Å². The summed E-state index contributed by atoms with van der Waals surface area (Å²) in [6, 6.07) is 8.04. The molecule has 4 nitrogen and oxygen atoms in total. The molecule has 0 radical (unpaired) electrons.